The number of benzene rings is 1. The molecule has 0 spiro atoms. The Morgan fingerprint density at radius 3 is 2.78 bits per heavy atom. The van der Waals surface area contributed by atoms with Crippen LogP contribution in [0.5, 0.6) is 0 Å². The van der Waals surface area contributed by atoms with E-state index in [1.54, 1.807) is 10.9 Å². The number of hydrogen-bond donors (Lipinski definition) is 2. The summed E-state index contributed by atoms with van der Waals surface area (Å²) in [7, 11) is -3.55. The maximum atomic E-state index is 12.5. The number of sulfonamides is 1. The molecule has 23 heavy (non-hydrogen) atoms. The van der Waals surface area contributed by atoms with Crippen LogP contribution in [0.3, 0.4) is 0 Å². The second-order valence-corrected chi connectivity index (χ2v) is 7.73. The standard InChI is InChI=1S/C16H22N4O2S/c17-9-14-7-4-8-16(14)19-23(21,22)15-10-18-20(12-15)11-13-5-2-1-3-6-13/h1-3,5-6,10,12,14,16,19H,4,7-9,11,17H2. The van der Waals surface area contributed by atoms with Crippen molar-refractivity contribution in [1.82, 2.24) is 14.5 Å². The van der Waals surface area contributed by atoms with E-state index in [9.17, 15) is 8.42 Å². The molecule has 2 unspecified atom stereocenters. The predicted octanol–water partition coefficient (Wildman–Crippen LogP) is 1.34. The number of nitrogens with two attached hydrogens (primary N) is 1. The van der Waals surface area contributed by atoms with Gasteiger partial charge in [-0.05, 0) is 30.9 Å². The molecule has 1 aliphatic carbocycles. The summed E-state index contributed by atoms with van der Waals surface area (Å²) in [5.74, 6) is 0.226. The van der Waals surface area contributed by atoms with Crippen LogP contribution in [0, 0.1) is 5.92 Å². The number of aromatic nitrogens is 2. The lowest BCUT2D eigenvalue weighted by Gasteiger charge is -2.18. The fraction of sp³-hybridized carbons (Fsp3) is 0.438. The highest BCUT2D eigenvalue weighted by Crippen LogP contribution is 2.26. The van der Waals surface area contributed by atoms with Gasteiger partial charge in [0, 0.05) is 12.2 Å². The van der Waals surface area contributed by atoms with Gasteiger partial charge in [-0.2, -0.15) is 5.10 Å². The van der Waals surface area contributed by atoms with E-state index in [0.29, 0.717) is 13.1 Å². The van der Waals surface area contributed by atoms with Crippen LogP contribution in [0.4, 0.5) is 0 Å². The van der Waals surface area contributed by atoms with Gasteiger partial charge < -0.3 is 5.73 Å². The van der Waals surface area contributed by atoms with E-state index in [2.05, 4.69) is 9.82 Å². The SMILES string of the molecule is NCC1CCCC1NS(=O)(=O)c1cnn(Cc2ccccc2)c1. The summed E-state index contributed by atoms with van der Waals surface area (Å²) in [6, 6.07) is 9.75. The van der Waals surface area contributed by atoms with Crippen molar-refractivity contribution in [3.05, 3.63) is 48.3 Å². The molecule has 1 aromatic carbocycles. The molecule has 3 rings (SSSR count). The molecule has 1 saturated carbocycles. The van der Waals surface area contributed by atoms with Gasteiger partial charge in [0.1, 0.15) is 4.90 Å². The fourth-order valence-electron chi connectivity index (χ4n) is 3.08. The first-order valence-electron chi connectivity index (χ1n) is 7.87. The van der Waals surface area contributed by atoms with Crippen molar-refractivity contribution >= 4 is 10.0 Å². The third-order valence-corrected chi connectivity index (χ3v) is 5.82. The summed E-state index contributed by atoms with van der Waals surface area (Å²) < 4.78 is 29.4. The molecule has 0 aliphatic heterocycles. The van der Waals surface area contributed by atoms with Gasteiger partial charge in [0.05, 0.1) is 12.7 Å². The monoisotopic (exact) mass is 334 g/mol. The van der Waals surface area contributed by atoms with Gasteiger partial charge in [0.25, 0.3) is 0 Å². The van der Waals surface area contributed by atoms with Gasteiger partial charge in [0.2, 0.25) is 10.0 Å². The topological polar surface area (TPSA) is 90.0 Å². The molecule has 1 aliphatic rings. The largest absolute Gasteiger partial charge is 0.330 e. The summed E-state index contributed by atoms with van der Waals surface area (Å²) in [5, 5.41) is 4.16. The second kappa shape index (κ2) is 6.82. The van der Waals surface area contributed by atoms with Crippen molar-refractivity contribution in [3.63, 3.8) is 0 Å². The Balaban J connectivity index is 1.71. The summed E-state index contributed by atoms with van der Waals surface area (Å²) in [6.07, 6.45) is 5.82. The normalized spacial score (nSPS) is 21.6. The molecule has 1 fully saturated rings. The Bertz CT molecular complexity index is 742. The van der Waals surface area contributed by atoms with Gasteiger partial charge in [-0.3, -0.25) is 4.68 Å². The first-order valence-corrected chi connectivity index (χ1v) is 9.35. The summed E-state index contributed by atoms with van der Waals surface area (Å²) in [5.41, 5.74) is 6.80. The quantitative estimate of drug-likeness (QED) is 0.834. The van der Waals surface area contributed by atoms with Crippen molar-refractivity contribution in [2.24, 2.45) is 11.7 Å². The Labute approximate surface area is 136 Å². The van der Waals surface area contributed by atoms with Gasteiger partial charge in [-0.1, -0.05) is 36.8 Å². The Morgan fingerprint density at radius 2 is 2.04 bits per heavy atom. The van der Waals surface area contributed by atoms with Crippen LogP contribution in [-0.4, -0.2) is 30.8 Å². The summed E-state index contributed by atoms with van der Waals surface area (Å²) >= 11 is 0. The van der Waals surface area contributed by atoms with Crippen LogP contribution in [0.25, 0.3) is 0 Å². The smallest absolute Gasteiger partial charge is 0.243 e. The van der Waals surface area contributed by atoms with E-state index in [1.807, 2.05) is 30.3 Å². The summed E-state index contributed by atoms with van der Waals surface area (Å²) in [6.45, 7) is 1.06. The zero-order chi connectivity index (χ0) is 16.3. The lowest BCUT2D eigenvalue weighted by Crippen LogP contribution is -2.39. The van der Waals surface area contributed by atoms with Crippen LogP contribution in [-0.2, 0) is 16.6 Å². The minimum Gasteiger partial charge on any atom is -0.330 e. The van der Waals surface area contributed by atoms with E-state index in [4.69, 9.17) is 5.73 Å². The van der Waals surface area contributed by atoms with Crippen LogP contribution in [0.15, 0.2) is 47.6 Å². The van der Waals surface area contributed by atoms with E-state index < -0.39 is 10.0 Å². The van der Waals surface area contributed by atoms with E-state index in [-0.39, 0.29) is 16.9 Å². The minimum absolute atomic E-state index is 0.0672. The molecular weight excluding hydrogens is 312 g/mol. The van der Waals surface area contributed by atoms with Crippen LogP contribution < -0.4 is 10.5 Å². The van der Waals surface area contributed by atoms with E-state index >= 15 is 0 Å². The Kier molecular flexibility index (Phi) is 4.79. The zero-order valence-corrected chi connectivity index (χ0v) is 13.7. The minimum atomic E-state index is -3.55. The number of hydrogen-bond acceptors (Lipinski definition) is 4. The highest BCUT2D eigenvalue weighted by molar-refractivity contribution is 7.89. The third kappa shape index (κ3) is 3.80. The lowest BCUT2D eigenvalue weighted by molar-refractivity contribution is 0.453. The molecule has 0 amide bonds. The molecule has 1 heterocycles. The molecular formula is C16H22N4O2S. The molecule has 2 aromatic rings. The second-order valence-electron chi connectivity index (χ2n) is 6.01. The van der Waals surface area contributed by atoms with Crippen molar-refractivity contribution in [2.75, 3.05) is 6.54 Å². The first kappa shape index (κ1) is 16.2. The summed E-state index contributed by atoms with van der Waals surface area (Å²) in [4.78, 5) is 0.205. The number of rotatable bonds is 6. The van der Waals surface area contributed by atoms with Crippen molar-refractivity contribution in [2.45, 2.75) is 36.7 Å². The third-order valence-electron chi connectivity index (χ3n) is 4.38. The van der Waals surface area contributed by atoms with Crippen LogP contribution >= 0.6 is 0 Å². The van der Waals surface area contributed by atoms with Crippen molar-refractivity contribution in [3.8, 4) is 0 Å². The molecule has 0 saturated heterocycles. The van der Waals surface area contributed by atoms with Gasteiger partial charge in [-0.15, -0.1) is 0 Å². The first-order chi connectivity index (χ1) is 11.1. The molecule has 6 nitrogen and oxygen atoms in total. The van der Waals surface area contributed by atoms with E-state index in [1.165, 1.54) is 6.20 Å². The highest BCUT2D eigenvalue weighted by atomic mass is 32.2. The highest BCUT2D eigenvalue weighted by Gasteiger charge is 2.30. The maximum absolute atomic E-state index is 12.5. The maximum Gasteiger partial charge on any atom is 0.243 e. The average Bonchev–Trinajstić information content (AvgIpc) is 3.17. The molecule has 0 bridgehead atoms. The molecule has 1 aromatic heterocycles. The van der Waals surface area contributed by atoms with Crippen LogP contribution in [0.2, 0.25) is 0 Å². The van der Waals surface area contributed by atoms with Gasteiger partial charge >= 0.3 is 0 Å². The molecule has 124 valence electrons. The molecule has 2 atom stereocenters. The predicted molar refractivity (Wildman–Crippen MR) is 88.3 cm³/mol. The fourth-order valence-corrected chi connectivity index (χ4v) is 4.37. The number of nitrogens with zero attached hydrogens (tertiary/aromatic N) is 2. The Morgan fingerprint density at radius 1 is 1.26 bits per heavy atom. The molecule has 0 radical (unpaired) electrons. The molecule has 3 N–H and O–H groups in total. The number of nitrogens with one attached hydrogen (secondary N) is 1. The molecule has 7 heteroatoms. The van der Waals surface area contributed by atoms with Crippen LogP contribution in [0.1, 0.15) is 24.8 Å². The zero-order valence-electron chi connectivity index (χ0n) is 12.9. The van der Waals surface area contributed by atoms with Gasteiger partial charge in [-0.25, -0.2) is 13.1 Å². The van der Waals surface area contributed by atoms with Gasteiger partial charge in [0.15, 0.2) is 0 Å². The van der Waals surface area contributed by atoms with E-state index in [0.717, 1.165) is 24.8 Å². The Hall–Kier alpha value is -1.70. The van der Waals surface area contributed by atoms with Crippen molar-refractivity contribution in [1.29, 1.82) is 0 Å². The lowest BCUT2D eigenvalue weighted by atomic mass is 10.1. The van der Waals surface area contributed by atoms with Crippen molar-refractivity contribution < 1.29 is 8.42 Å². The average molecular weight is 334 g/mol.